The summed E-state index contributed by atoms with van der Waals surface area (Å²) in [6.07, 6.45) is 14.0. The smallest absolute Gasteiger partial charge is 0.306 e. The molecule has 0 spiro atoms. The van der Waals surface area contributed by atoms with Crippen molar-refractivity contribution in [2.45, 2.75) is 90.1 Å². The van der Waals surface area contributed by atoms with E-state index < -0.39 is 0 Å². The fourth-order valence-electron chi connectivity index (χ4n) is 2.64. The average Bonchev–Trinajstić information content (AvgIpc) is 2.38. The Balaban J connectivity index is 2.40. The normalized spacial score (nSPS) is 24.9. The number of ether oxygens (including phenoxy) is 1. The van der Waals surface area contributed by atoms with Crippen molar-refractivity contribution < 1.29 is 9.53 Å². The molecule has 1 aliphatic heterocycles. The average molecular weight is 266 g/mol. The van der Waals surface area contributed by atoms with Gasteiger partial charge in [0.1, 0.15) is 6.10 Å². The SMILES string of the molecule is C=C(C)C1CCCCCCCCCCCCC(=O)O1. The monoisotopic (exact) mass is 266 g/mol. The molecule has 110 valence electrons. The van der Waals surface area contributed by atoms with Crippen LogP contribution in [0.2, 0.25) is 0 Å². The van der Waals surface area contributed by atoms with Crippen LogP contribution in [0.3, 0.4) is 0 Å². The molecule has 2 heteroatoms. The van der Waals surface area contributed by atoms with Crippen LogP contribution < -0.4 is 0 Å². The van der Waals surface area contributed by atoms with E-state index in [0.717, 1.165) is 31.3 Å². The molecule has 0 aliphatic carbocycles. The molecule has 1 atom stereocenters. The molecule has 1 saturated heterocycles. The minimum Gasteiger partial charge on any atom is -0.458 e. The Morgan fingerprint density at radius 3 is 1.95 bits per heavy atom. The van der Waals surface area contributed by atoms with E-state index in [0.29, 0.717) is 6.42 Å². The van der Waals surface area contributed by atoms with Crippen molar-refractivity contribution >= 4 is 5.97 Å². The summed E-state index contributed by atoms with van der Waals surface area (Å²) in [4.78, 5) is 11.8. The molecular formula is C17H30O2. The summed E-state index contributed by atoms with van der Waals surface area (Å²) in [6.45, 7) is 5.92. The largest absolute Gasteiger partial charge is 0.458 e. The molecule has 0 radical (unpaired) electrons. The number of carbonyl (C=O) groups excluding carboxylic acids is 1. The van der Waals surface area contributed by atoms with Gasteiger partial charge in [-0.05, 0) is 31.8 Å². The molecule has 1 heterocycles. The fourth-order valence-corrected chi connectivity index (χ4v) is 2.64. The first-order chi connectivity index (χ1) is 9.20. The molecular weight excluding hydrogens is 236 g/mol. The van der Waals surface area contributed by atoms with Gasteiger partial charge in [0.15, 0.2) is 0 Å². The number of hydrogen-bond donors (Lipinski definition) is 0. The Bertz CT molecular complexity index is 270. The molecule has 0 N–H and O–H groups in total. The van der Waals surface area contributed by atoms with E-state index in [1.165, 1.54) is 44.9 Å². The summed E-state index contributed by atoms with van der Waals surface area (Å²) in [6, 6.07) is 0. The van der Waals surface area contributed by atoms with E-state index in [9.17, 15) is 4.79 Å². The second-order valence-electron chi connectivity index (χ2n) is 5.90. The molecule has 1 fully saturated rings. The first-order valence-corrected chi connectivity index (χ1v) is 8.05. The Morgan fingerprint density at radius 2 is 1.42 bits per heavy atom. The van der Waals surface area contributed by atoms with Gasteiger partial charge < -0.3 is 4.74 Å². The lowest BCUT2D eigenvalue weighted by atomic mass is 10.0. The summed E-state index contributed by atoms with van der Waals surface area (Å²) in [5.41, 5.74) is 0.984. The Labute approximate surface area is 118 Å². The lowest BCUT2D eigenvalue weighted by Crippen LogP contribution is -2.19. The topological polar surface area (TPSA) is 26.3 Å². The maximum Gasteiger partial charge on any atom is 0.306 e. The standard InChI is InChI=1S/C17H30O2/c1-15(2)16-13-11-9-7-5-3-4-6-8-10-12-14-17(18)19-16/h16H,1,3-14H2,2H3. The van der Waals surface area contributed by atoms with Crippen molar-refractivity contribution in [1.82, 2.24) is 0 Å². The Morgan fingerprint density at radius 1 is 0.947 bits per heavy atom. The first kappa shape index (κ1) is 16.3. The van der Waals surface area contributed by atoms with E-state index in [-0.39, 0.29) is 12.1 Å². The van der Waals surface area contributed by atoms with Crippen LogP contribution in [-0.2, 0) is 9.53 Å². The summed E-state index contributed by atoms with van der Waals surface area (Å²) < 4.78 is 5.55. The second-order valence-corrected chi connectivity index (χ2v) is 5.90. The van der Waals surface area contributed by atoms with Crippen LogP contribution in [0.15, 0.2) is 12.2 Å². The Kier molecular flexibility index (Phi) is 8.61. The minimum atomic E-state index is -0.0578. The van der Waals surface area contributed by atoms with Gasteiger partial charge in [-0.3, -0.25) is 4.79 Å². The molecule has 1 unspecified atom stereocenters. The molecule has 0 saturated carbocycles. The van der Waals surface area contributed by atoms with Crippen LogP contribution in [0.1, 0.15) is 84.0 Å². The zero-order valence-corrected chi connectivity index (χ0v) is 12.6. The van der Waals surface area contributed by atoms with Crippen molar-refractivity contribution in [2.24, 2.45) is 0 Å². The lowest BCUT2D eigenvalue weighted by Gasteiger charge is -2.18. The second kappa shape index (κ2) is 10.1. The molecule has 1 rings (SSSR count). The molecule has 0 amide bonds. The van der Waals surface area contributed by atoms with E-state index in [1.807, 2.05) is 6.92 Å². The number of carbonyl (C=O) groups is 1. The van der Waals surface area contributed by atoms with Crippen molar-refractivity contribution in [3.05, 3.63) is 12.2 Å². The van der Waals surface area contributed by atoms with Gasteiger partial charge in [-0.1, -0.05) is 57.9 Å². The zero-order chi connectivity index (χ0) is 13.9. The summed E-state index contributed by atoms with van der Waals surface area (Å²) in [7, 11) is 0. The van der Waals surface area contributed by atoms with Gasteiger partial charge in [0, 0.05) is 6.42 Å². The van der Waals surface area contributed by atoms with Gasteiger partial charge in [-0.2, -0.15) is 0 Å². The predicted octanol–water partition coefficient (Wildman–Crippen LogP) is 5.17. The maximum absolute atomic E-state index is 11.8. The summed E-state index contributed by atoms with van der Waals surface area (Å²) in [5.74, 6) is -0.0390. The quantitative estimate of drug-likeness (QED) is 0.483. The van der Waals surface area contributed by atoms with Crippen molar-refractivity contribution in [1.29, 1.82) is 0 Å². The molecule has 0 bridgehead atoms. The van der Waals surface area contributed by atoms with Gasteiger partial charge in [-0.25, -0.2) is 0 Å². The minimum absolute atomic E-state index is 0.0390. The van der Waals surface area contributed by atoms with Crippen LogP contribution in [0.4, 0.5) is 0 Å². The third-order valence-corrected chi connectivity index (χ3v) is 3.92. The summed E-state index contributed by atoms with van der Waals surface area (Å²) >= 11 is 0. The van der Waals surface area contributed by atoms with E-state index in [4.69, 9.17) is 4.74 Å². The maximum atomic E-state index is 11.8. The Hall–Kier alpha value is -0.790. The van der Waals surface area contributed by atoms with Crippen LogP contribution in [0.5, 0.6) is 0 Å². The molecule has 19 heavy (non-hydrogen) atoms. The highest BCUT2D eigenvalue weighted by Crippen LogP contribution is 2.18. The molecule has 0 aromatic carbocycles. The molecule has 1 aliphatic rings. The van der Waals surface area contributed by atoms with Gasteiger partial charge in [-0.15, -0.1) is 0 Å². The fraction of sp³-hybridized carbons (Fsp3) is 0.824. The van der Waals surface area contributed by atoms with Gasteiger partial charge in [0.25, 0.3) is 0 Å². The van der Waals surface area contributed by atoms with Crippen LogP contribution in [0.25, 0.3) is 0 Å². The number of hydrogen-bond acceptors (Lipinski definition) is 2. The van der Waals surface area contributed by atoms with E-state index >= 15 is 0 Å². The third kappa shape index (κ3) is 8.07. The number of cyclic esters (lactones) is 1. The van der Waals surface area contributed by atoms with Crippen molar-refractivity contribution in [2.75, 3.05) is 0 Å². The predicted molar refractivity (Wildman–Crippen MR) is 80.1 cm³/mol. The van der Waals surface area contributed by atoms with E-state index in [2.05, 4.69) is 6.58 Å². The highest BCUT2D eigenvalue weighted by Gasteiger charge is 2.14. The molecule has 0 aromatic rings. The van der Waals surface area contributed by atoms with Crippen LogP contribution in [0, 0.1) is 0 Å². The zero-order valence-electron chi connectivity index (χ0n) is 12.6. The van der Waals surface area contributed by atoms with E-state index in [1.54, 1.807) is 0 Å². The number of rotatable bonds is 1. The van der Waals surface area contributed by atoms with Crippen LogP contribution >= 0.6 is 0 Å². The third-order valence-electron chi connectivity index (χ3n) is 3.92. The van der Waals surface area contributed by atoms with Gasteiger partial charge >= 0.3 is 5.97 Å². The van der Waals surface area contributed by atoms with Crippen molar-refractivity contribution in [3.63, 3.8) is 0 Å². The van der Waals surface area contributed by atoms with Crippen LogP contribution in [-0.4, -0.2) is 12.1 Å². The first-order valence-electron chi connectivity index (χ1n) is 8.05. The highest BCUT2D eigenvalue weighted by molar-refractivity contribution is 5.69. The molecule has 0 aromatic heterocycles. The number of esters is 1. The van der Waals surface area contributed by atoms with Gasteiger partial charge in [0.05, 0.1) is 0 Å². The molecule has 2 nitrogen and oxygen atoms in total. The highest BCUT2D eigenvalue weighted by atomic mass is 16.5. The summed E-state index contributed by atoms with van der Waals surface area (Å²) in [5, 5.41) is 0. The van der Waals surface area contributed by atoms with Crippen molar-refractivity contribution in [3.8, 4) is 0 Å². The van der Waals surface area contributed by atoms with Gasteiger partial charge in [0.2, 0.25) is 0 Å². The lowest BCUT2D eigenvalue weighted by molar-refractivity contribution is -0.147.